The number of nitrogens with one attached hydrogen (secondary N) is 2. The molecule has 0 unspecified atom stereocenters. The number of thiophene rings is 1. The molecule has 4 rings (SSSR count). The molecule has 0 radical (unpaired) electrons. The number of hydrogen-bond donors (Lipinski definition) is 2. The van der Waals surface area contributed by atoms with Crippen molar-refractivity contribution in [3.8, 4) is 11.5 Å². The highest BCUT2D eigenvalue weighted by Gasteiger charge is 2.21. The van der Waals surface area contributed by atoms with Crippen LogP contribution in [0.2, 0.25) is 0 Å². The molecule has 0 aliphatic carbocycles. The number of amides is 2. The highest BCUT2D eigenvalue weighted by atomic mass is 32.1. The van der Waals surface area contributed by atoms with E-state index in [0.29, 0.717) is 44.3 Å². The Morgan fingerprint density at radius 1 is 0.941 bits per heavy atom. The first kappa shape index (κ1) is 23.3. The van der Waals surface area contributed by atoms with Gasteiger partial charge >= 0.3 is 0 Å². The van der Waals surface area contributed by atoms with Crippen molar-refractivity contribution in [2.75, 3.05) is 18.5 Å². The second-order valence-corrected chi connectivity index (χ2v) is 8.40. The maximum Gasteiger partial charge on any atom is 0.266 e. The molecule has 0 saturated carbocycles. The van der Waals surface area contributed by atoms with Gasteiger partial charge in [0.1, 0.15) is 28.8 Å². The van der Waals surface area contributed by atoms with Crippen molar-refractivity contribution in [1.29, 1.82) is 0 Å². The highest BCUT2D eigenvalue weighted by Crippen LogP contribution is 2.35. The van der Waals surface area contributed by atoms with E-state index in [-0.39, 0.29) is 25.0 Å². The zero-order valence-electron chi connectivity index (χ0n) is 18.5. The van der Waals surface area contributed by atoms with Gasteiger partial charge < -0.3 is 20.1 Å². The molecule has 2 N–H and O–H groups in total. The molecular weight excluding hydrogens is 455 g/mol. The van der Waals surface area contributed by atoms with Gasteiger partial charge in [0.15, 0.2) is 6.61 Å². The molecule has 0 bridgehead atoms. The molecule has 0 saturated heterocycles. The van der Waals surface area contributed by atoms with Crippen molar-refractivity contribution in [3.05, 3.63) is 89.1 Å². The zero-order valence-corrected chi connectivity index (χ0v) is 19.3. The molecule has 0 fully saturated rings. The Labute approximate surface area is 200 Å². The molecule has 174 valence electrons. The first-order valence-corrected chi connectivity index (χ1v) is 11.6. The minimum absolute atomic E-state index is 0.0450. The molecule has 0 aliphatic rings. The quantitative estimate of drug-likeness (QED) is 0.338. The third-order valence-electron chi connectivity index (χ3n) is 4.93. The Morgan fingerprint density at radius 3 is 2.50 bits per heavy atom. The summed E-state index contributed by atoms with van der Waals surface area (Å²) in [7, 11) is 0. The van der Waals surface area contributed by atoms with E-state index in [1.165, 1.54) is 17.4 Å². The van der Waals surface area contributed by atoms with Gasteiger partial charge in [-0.2, -0.15) is 0 Å². The lowest BCUT2D eigenvalue weighted by molar-refractivity contribution is -0.122. The predicted molar refractivity (Wildman–Crippen MR) is 131 cm³/mol. The lowest BCUT2D eigenvalue weighted by Gasteiger charge is -2.10. The van der Waals surface area contributed by atoms with E-state index in [1.54, 1.807) is 48.5 Å². The Kier molecular flexibility index (Phi) is 7.39. The van der Waals surface area contributed by atoms with Crippen LogP contribution in [0.5, 0.6) is 11.5 Å². The molecule has 34 heavy (non-hydrogen) atoms. The summed E-state index contributed by atoms with van der Waals surface area (Å²) in [6.45, 7) is 2.27. The van der Waals surface area contributed by atoms with Crippen molar-refractivity contribution in [3.63, 3.8) is 0 Å². The summed E-state index contributed by atoms with van der Waals surface area (Å²) in [5, 5.41) is 5.88. The van der Waals surface area contributed by atoms with Crippen molar-refractivity contribution < 1.29 is 23.5 Å². The van der Waals surface area contributed by atoms with Crippen LogP contribution in [0.25, 0.3) is 10.1 Å². The van der Waals surface area contributed by atoms with E-state index in [9.17, 15) is 14.0 Å². The fourth-order valence-corrected chi connectivity index (χ4v) is 4.53. The number of fused-ring (bicyclic) bond motifs is 1. The van der Waals surface area contributed by atoms with Crippen LogP contribution in [-0.4, -0.2) is 25.0 Å². The molecule has 0 spiro atoms. The smallest absolute Gasteiger partial charge is 0.266 e. The van der Waals surface area contributed by atoms with E-state index in [4.69, 9.17) is 9.47 Å². The molecule has 2 amide bonds. The second-order valence-electron chi connectivity index (χ2n) is 7.35. The van der Waals surface area contributed by atoms with Crippen LogP contribution in [-0.2, 0) is 11.4 Å². The number of carbonyl (C=O) groups is 2. The highest BCUT2D eigenvalue weighted by molar-refractivity contribution is 7.21. The Bertz CT molecular complexity index is 1310. The standard InChI is InChI=1S/C26H23FN2O4S/c1-2-28-23(30)16-33-19-11-6-8-17(14-19)29-26(31)25-20(15-32-18-9-4-3-5-10-18)24-21(27)12-7-13-22(24)34-25/h3-14H,2,15-16H2,1H3,(H,28,30)(H,29,31). The lowest BCUT2D eigenvalue weighted by Crippen LogP contribution is -2.28. The molecule has 4 aromatic rings. The number of rotatable bonds is 9. The summed E-state index contributed by atoms with van der Waals surface area (Å²) >= 11 is 1.21. The maximum absolute atomic E-state index is 14.7. The number of para-hydroxylation sites is 1. The van der Waals surface area contributed by atoms with Gasteiger partial charge in [-0.3, -0.25) is 9.59 Å². The van der Waals surface area contributed by atoms with Crippen LogP contribution in [0.1, 0.15) is 22.2 Å². The number of anilines is 1. The molecular formula is C26H23FN2O4S. The number of likely N-dealkylation sites (N-methyl/N-ethyl adjacent to an activating group) is 1. The van der Waals surface area contributed by atoms with Crippen LogP contribution in [0.3, 0.4) is 0 Å². The van der Waals surface area contributed by atoms with Gasteiger partial charge in [0, 0.05) is 33.9 Å². The fourth-order valence-electron chi connectivity index (χ4n) is 3.41. The summed E-state index contributed by atoms with van der Waals surface area (Å²) < 4.78 is 26.7. The molecule has 6 nitrogen and oxygen atoms in total. The molecule has 8 heteroatoms. The number of carbonyl (C=O) groups excluding carboxylic acids is 2. The van der Waals surface area contributed by atoms with Crippen molar-refractivity contribution in [2.24, 2.45) is 0 Å². The van der Waals surface area contributed by atoms with Crippen LogP contribution in [0, 0.1) is 5.82 Å². The molecule has 3 aromatic carbocycles. The summed E-state index contributed by atoms with van der Waals surface area (Å²) in [4.78, 5) is 25.2. The number of halogens is 1. The van der Waals surface area contributed by atoms with Gasteiger partial charge in [0.25, 0.3) is 11.8 Å². The maximum atomic E-state index is 14.7. The van der Waals surface area contributed by atoms with Crippen molar-refractivity contribution >= 4 is 38.9 Å². The summed E-state index contributed by atoms with van der Waals surface area (Å²) in [6, 6.07) is 20.7. The third-order valence-corrected chi connectivity index (χ3v) is 6.13. The van der Waals surface area contributed by atoms with Gasteiger partial charge in [0.05, 0.1) is 0 Å². The van der Waals surface area contributed by atoms with Crippen molar-refractivity contribution in [1.82, 2.24) is 5.32 Å². The lowest BCUT2D eigenvalue weighted by atomic mass is 10.1. The Morgan fingerprint density at radius 2 is 1.71 bits per heavy atom. The average Bonchev–Trinajstić information content (AvgIpc) is 3.23. The second kappa shape index (κ2) is 10.8. The SMILES string of the molecule is CCNC(=O)COc1cccc(NC(=O)c2sc3cccc(F)c3c2COc2ccccc2)c1. The van der Waals surface area contributed by atoms with Crippen LogP contribution >= 0.6 is 11.3 Å². The average molecular weight is 479 g/mol. The Hall–Kier alpha value is -3.91. The van der Waals surface area contributed by atoms with Crippen LogP contribution in [0.15, 0.2) is 72.8 Å². The van der Waals surface area contributed by atoms with E-state index < -0.39 is 5.82 Å². The fraction of sp³-hybridized carbons (Fsp3) is 0.154. The summed E-state index contributed by atoms with van der Waals surface area (Å²) in [6.07, 6.45) is 0. The van der Waals surface area contributed by atoms with Crippen LogP contribution in [0.4, 0.5) is 10.1 Å². The number of ether oxygens (including phenoxy) is 2. The third kappa shape index (κ3) is 5.52. The minimum Gasteiger partial charge on any atom is -0.489 e. The Balaban J connectivity index is 1.56. The van der Waals surface area contributed by atoms with E-state index >= 15 is 0 Å². The number of hydrogen-bond acceptors (Lipinski definition) is 5. The minimum atomic E-state index is -0.403. The largest absolute Gasteiger partial charge is 0.489 e. The van der Waals surface area contributed by atoms with Gasteiger partial charge in [0.2, 0.25) is 0 Å². The number of benzene rings is 3. The summed E-state index contributed by atoms with van der Waals surface area (Å²) in [5.74, 6) is 0.0567. The monoisotopic (exact) mass is 478 g/mol. The molecule has 1 heterocycles. The van der Waals surface area contributed by atoms with E-state index in [0.717, 1.165) is 0 Å². The molecule has 1 aromatic heterocycles. The topological polar surface area (TPSA) is 76.7 Å². The normalized spacial score (nSPS) is 10.6. The first-order valence-electron chi connectivity index (χ1n) is 10.7. The van der Waals surface area contributed by atoms with Gasteiger partial charge in [-0.15, -0.1) is 11.3 Å². The van der Waals surface area contributed by atoms with Crippen LogP contribution < -0.4 is 20.1 Å². The predicted octanol–water partition coefficient (Wildman–Crippen LogP) is 5.39. The van der Waals surface area contributed by atoms with Crippen molar-refractivity contribution in [2.45, 2.75) is 13.5 Å². The van der Waals surface area contributed by atoms with Gasteiger partial charge in [-0.25, -0.2) is 4.39 Å². The zero-order chi connectivity index (χ0) is 23.9. The molecule has 0 atom stereocenters. The molecule has 0 aliphatic heterocycles. The van der Waals surface area contributed by atoms with E-state index in [1.807, 2.05) is 25.1 Å². The van der Waals surface area contributed by atoms with Gasteiger partial charge in [-0.05, 0) is 43.3 Å². The van der Waals surface area contributed by atoms with Gasteiger partial charge in [-0.1, -0.05) is 30.3 Å². The summed E-state index contributed by atoms with van der Waals surface area (Å²) in [5.41, 5.74) is 0.981. The van der Waals surface area contributed by atoms with E-state index in [2.05, 4.69) is 10.6 Å². The first-order chi connectivity index (χ1) is 16.5.